The van der Waals surface area contributed by atoms with Crippen molar-refractivity contribution in [1.29, 1.82) is 0 Å². The van der Waals surface area contributed by atoms with Crippen molar-refractivity contribution in [2.75, 3.05) is 0 Å². The zero-order valence-electron chi connectivity index (χ0n) is 6.13. The highest BCUT2D eigenvalue weighted by atomic mass is 19.1. The van der Waals surface area contributed by atoms with Crippen LogP contribution in [0.3, 0.4) is 0 Å². The molecule has 1 aromatic rings. The lowest BCUT2D eigenvalue weighted by atomic mass is 10.2. The lowest BCUT2D eigenvalue weighted by molar-refractivity contribution is 0.458. The maximum absolute atomic E-state index is 13.0. The van der Waals surface area contributed by atoms with Gasteiger partial charge in [0.1, 0.15) is 5.75 Å². The highest BCUT2D eigenvalue weighted by molar-refractivity contribution is 5.46. The predicted octanol–water partition coefficient (Wildman–Crippen LogP) is 1.88. The molecule has 0 radical (unpaired) electrons. The summed E-state index contributed by atoms with van der Waals surface area (Å²) in [4.78, 5) is 3.61. The second-order valence-electron chi connectivity index (χ2n) is 2.17. The van der Waals surface area contributed by atoms with Crippen molar-refractivity contribution >= 4 is 6.08 Å². The molecule has 0 aromatic carbocycles. The molecule has 11 heavy (non-hydrogen) atoms. The molecule has 0 aliphatic rings. The van der Waals surface area contributed by atoms with Crippen LogP contribution in [0.5, 0.6) is 5.75 Å². The van der Waals surface area contributed by atoms with Gasteiger partial charge in [-0.2, -0.15) is 0 Å². The Labute approximate surface area is 64.0 Å². The first-order valence-electron chi connectivity index (χ1n) is 3.13. The maximum Gasteiger partial charge on any atom is 0.155 e. The molecular weight excluding hydrogens is 145 g/mol. The Balaban J connectivity index is 3.36. The standard InChI is InChI=1S/C8H8FNO/c1-3-6-8(9)5(2)7(11)4-10-6/h3-4,11H,1H2,2H3. The second-order valence-corrected chi connectivity index (χ2v) is 2.17. The molecule has 1 heterocycles. The van der Waals surface area contributed by atoms with Gasteiger partial charge in [0.2, 0.25) is 0 Å². The number of hydrogen-bond donors (Lipinski definition) is 1. The largest absolute Gasteiger partial charge is 0.506 e. The summed E-state index contributed by atoms with van der Waals surface area (Å²) in [5, 5.41) is 8.98. The Morgan fingerprint density at radius 2 is 2.36 bits per heavy atom. The fraction of sp³-hybridized carbons (Fsp3) is 0.125. The Hall–Kier alpha value is -1.38. The van der Waals surface area contributed by atoms with Crippen molar-refractivity contribution < 1.29 is 9.50 Å². The van der Waals surface area contributed by atoms with Crippen LogP contribution in [0.25, 0.3) is 6.08 Å². The van der Waals surface area contributed by atoms with Crippen molar-refractivity contribution in [3.05, 3.63) is 29.9 Å². The number of aromatic hydroxyl groups is 1. The number of rotatable bonds is 1. The minimum absolute atomic E-state index is 0.131. The van der Waals surface area contributed by atoms with Gasteiger partial charge in [0.15, 0.2) is 5.82 Å². The van der Waals surface area contributed by atoms with Gasteiger partial charge < -0.3 is 5.11 Å². The molecule has 1 aromatic heterocycles. The molecule has 0 saturated carbocycles. The lowest BCUT2D eigenvalue weighted by Gasteiger charge is -2.01. The van der Waals surface area contributed by atoms with Crippen molar-refractivity contribution in [2.45, 2.75) is 6.92 Å². The van der Waals surface area contributed by atoms with Gasteiger partial charge in [0.05, 0.1) is 11.9 Å². The van der Waals surface area contributed by atoms with E-state index in [-0.39, 0.29) is 17.0 Å². The van der Waals surface area contributed by atoms with Crippen molar-refractivity contribution in [3.63, 3.8) is 0 Å². The Kier molecular flexibility index (Phi) is 1.89. The number of pyridine rings is 1. The Morgan fingerprint density at radius 3 is 2.91 bits per heavy atom. The van der Waals surface area contributed by atoms with E-state index in [0.717, 1.165) is 0 Å². The summed E-state index contributed by atoms with van der Waals surface area (Å²) in [6.45, 7) is 4.86. The molecule has 0 saturated heterocycles. The minimum Gasteiger partial charge on any atom is -0.506 e. The van der Waals surface area contributed by atoms with Crippen LogP contribution in [-0.4, -0.2) is 10.1 Å². The summed E-state index contributed by atoms with van der Waals surface area (Å²) in [6, 6.07) is 0. The first-order valence-corrected chi connectivity index (χ1v) is 3.13. The van der Waals surface area contributed by atoms with Crippen LogP contribution in [0.2, 0.25) is 0 Å². The molecule has 0 bridgehead atoms. The number of hydrogen-bond acceptors (Lipinski definition) is 2. The van der Waals surface area contributed by atoms with Gasteiger partial charge in [-0.05, 0) is 13.0 Å². The molecule has 0 atom stereocenters. The van der Waals surface area contributed by atoms with Gasteiger partial charge in [0, 0.05) is 5.56 Å². The van der Waals surface area contributed by atoms with Gasteiger partial charge in [0.25, 0.3) is 0 Å². The molecule has 3 heteroatoms. The summed E-state index contributed by atoms with van der Waals surface area (Å²) >= 11 is 0. The van der Waals surface area contributed by atoms with E-state index in [1.165, 1.54) is 19.2 Å². The molecule has 0 aliphatic heterocycles. The molecule has 0 aliphatic carbocycles. The van der Waals surface area contributed by atoms with Crippen LogP contribution in [0, 0.1) is 12.7 Å². The van der Waals surface area contributed by atoms with E-state index >= 15 is 0 Å². The molecule has 0 unspecified atom stereocenters. The molecular formula is C8H8FNO. The molecule has 0 fully saturated rings. The highest BCUT2D eigenvalue weighted by Gasteiger charge is 2.06. The summed E-state index contributed by atoms with van der Waals surface area (Å²) in [5.74, 6) is -0.645. The Morgan fingerprint density at radius 1 is 1.73 bits per heavy atom. The second kappa shape index (κ2) is 2.70. The van der Waals surface area contributed by atoms with E-state index in [9.17, 15) is 4.39 Å². The fourth-order valence-corrected chi connectivity index (χ4v) is 0.731. The van der Waals surface area contributed by atoms with Crippen LogP contribution in [0.1, 0.15) is 11.3 Å². The topological polar surface area (TPSA) is 33.1 Å². The van der Waals surface area contributed by atoms with Gasteiger partial charge in [-0.1, -0.05) is 6.58 Å². The summed E-state index contributed by atoms with van der Waals surface area (Å²) in [5.41, 5.74) is 0.371. The molecule has 0 spiro atoms. The van der Waals surface area contributed by atoms with Crippen LogP contribution in [0.15, 0.2) is 12.8 Å². The normalized spacial score (nSPS) is 9.64. The van der Waals surface area contributed by atoms with Gasteiger partial charge in [-0.25, -0.2) is 9.37 Å². The smallest absolute Gasteiger partial charge is 0.155 e. The maximum atomic E-state index is 13.0. The van der Waals surface area contributed by atoms with Crippen LogP contribution in [0.4, 0.5) is 4.39 Å². The quantitative estimate of drug-likeness (QED) is 0.668. The van der Waals surface area contributed by atoms with Crippen LogP contribution < -0.4 is 0 Å². The molecule has 1 N–H and O–H groups in total. The molecule has 0 amide bonds. The average Bonchev–Trinajstić information content (AvgIpc) is 2.01. The van der Waals surface area contributed by atoms with Crippen molar-refractivity contribution in [2.24, 2.45) is 0 Å². The van der Waals surface area contributed by atoms with Crippen molar-refractivity contribution in [3.8, 4) is 5.75 Å². The van der Waals surface area contributed by atoms with Crippen LogP contribution >= 0.6 is 0 Å². The zero-order chi connectivity index (χ0) is 8.43. The lowest BCUT2D eigenvalue weighted by Crippen LogP contribution is -1.91. The molecule has 2 nitrogen and oxygen atoms in total. The van der Waals surface area contributed by atoms with Gasteiger partial charge in [-0.15, -0.1) is 0 Å². The van der Waals surface area contributed by atoms with E-state index in [2.05, 4.69) is 11.6 Å². The van der Waals surface area contributed by atoms with Gasteiger partial charge in [-0.3, -0.25) is 0 Å². The van der Waals surface area contributed by atoms with E-state index in [4.69, 9.17) is 5.11 Å². The van der Waals surface area contributed by atoms with Crippen LogP contribution in [-0.2, 0) is 0 Å². The van der Waals surface area contributed by atoms with E-state index in [1.54, 1.807) is 0 Å². The predicted molar refractivity (Wildman–Crippen MR) is 40.7 cm³/mol. The summed E-state index contributed by atoms with van der Waals surface area (Å²) in [6.07, 6.45) is 2.51. The molecule has 1 rings (SSSR count). The van der Waals surface area contributed by atoms with Gasteiger partial charge >= 0.3 is 0 Å². The van der Waals surface area contributed by atoms with Crippen molar-refractivity contribution in [1.82, 2.24) is 4.98 Å². The molecule has 58 valence electrons. The average molecular weight is 153 g/mol. The monoisotopic (exact) mass is 153 g/mol. The third-order valence-electron chi connectivity index (χ3n) is 1.46. The third-order valence-corrected chi connectivity index (χ3v) is 1.46. The highest BCUT2D eigenvalue weighted by Crippen LogP contribution is 2.19. The fourth-order valence-electron chi connectivity index (χ4n) is 0.731. The minimum atomic E-state index is -0.514. The zero-order valence-corrected chi connectivity index (χ0v) is 6.13. The first-order chi connectivity index (χ1) is 5.16. The third kappa shape index (κ3) is 1.22. The van der Waals surface area contributed by atoms with E-state index in [0.29, 0.717) is 0 Å². The first kappa shape index (κ1) is 7.72. The Bertz CT molecular complexity index is 296. The number of nitrogens with zero attached hydrogens (tertiary/aromatic N) is 1. The SMILES string of the molecule is C=Cc1ncc(O)c(C)c1F. The van der Waals surface area contributed by atoms with E-state index < -0.39 is 5.82 Å². The number of aromatic nitrogens is 1. The summed E-state index contributed by atoms with van der Waals surface area (Å²) < 4.78 is 13.0. The number of halogens is 1. The summed E-state index contributed by atoms with van der Waals surface area (Å²) in [7, 11) is 0. The van der Waals surface area contributed by atoms with E-state index in [1.807, 2.05) is 0 Å².